The number of methoxy groups -OCH3 is 2. The highest BCUT2D eigenvalue weighted by Crippen LogP contribution is 2.39. The maximum atomic E-state index is 13.2. The van der Waals surface area contributed by atoms with E-state index in [2.05, 4.69) is 24.0 Å². The molecule has 0 bridgehead atoms. The Bertz CT molecular complexity index is 1170. The Balaban J connectivity index is 1.46. The van der Waals surface area contributed by atoms with Crippen molar-refractivity contribution in [2.24, 2.45) is 5.92 Å². The minimum Gasteiger partial charge on any atom is -0.493 e. The van der Waals surface area contributed by atoms with E-state index >= 15 is 0 Å². The van der Waals surface area contributed by atoms with Crippen LogP contribution in [0, 0.1) is 23.1 Å². The van der Waals surface area contributed by atoms with Crippen molar-refractivity contribution in [1.82, 2.24) is 4.90 Å². The number of halogens is 1. The molecule has 0 amide bonds. The predicted molar refractivity (Wildman–Crippen MR) is 182 cm³/mol. The second-order valence-corrected chi connectivity index (χ2v) is 13.0. The van der Waals surface area contributed by atoms with Crippen molar-refractivity contribution in [3.8, 4) is 17.6 Å². The molecule has 1 fully saturated rings. The van der Waals surface area contributed by atoms with Gasteiger partial charge < -0.3 is 14.4 Å². The van der Waals surface area contributed by atoms with Gasteiger partial charge in [0.1, 0.15) is 5.82 Å². The summed E-state index contributed by atoms with van der Waals surface area (Å²) in [5.41, 5.74) is 1.12. The van der Waals surface area contributed by atoms with Crippen LogP contribution in [-0.4, -0.2) is 44.5 Å². The molecule has 3 rings (SSSR count). The van der Waals surface area contributed by atoms with Crippen molar-refractivity contribution in [3.05, 3.63) is 59.4 Å². The molecule has 0 N–H and O–H groups in total. The first-order valence-electron chi connectivity index (χ1n) is 17.6. The molecule has 248 valence electrons. The zero-order valence-corrected chi connectivity index (χ0v) is 28.3. The zero-order chi connectivity index (χ0) is 32.3. The molecule has 1 aliphatic heterocycles. The van der Waals surface area contributed by atoms with Gasteiger partial charge in [0.25, 0.3) is 0 Å². The number of piperidine rings is 1. The van der Waals surface area contributed by atoms with Gasteiger partial charge in [0, 0.05) is 11.5 Å². The lowest BCUT2D eigenvalue weighted by atomic mass is 9.73. The van der Waals surface area contributed by atoms with Crippen LogP contribution in [0.5, 0.6) is 11.5 Å². The van der Waals surface area contributed by atoms with Gasteiger partial charge in [0.15, 0.2) is 17.3 Å². The lowest BCUT2D eigenvalue weighted by molar-refractivity contribution is 0.0838. The zero-order valence-electron chi connectivity index (χ0n) is 28.3. The Morgan fingerprint density at radius 1 is 0.822 bits per heavy atom. The first kappa shape index (κ1) is 36.6. The number of carbonyl (C=O) groups is 1. The van der Waals surface area contributed by atoms with E-state index < -0.39 is 5.41 Å². The number of rotatable bonds is 22. The molecule has 5 nitrogen and oxygen atoms in total. The van der Waals surface area contributed by atoms with Crippen LogP contribution in [0.3, 0.4) is 0 Å². The number of unbranched alkanes of at least 4 members (excludes halogenated alkanes) is 11. The Morgan fingerprint density at radius 3 is 1.93 bits per heavy atom. The Morgan fingerprint density at radius 2 is 1.38 bits per heavy atom. The SMILES string of the molecule is CCCCCCCCCCCCC(C#N)(CCCCCN1CCC(C(=O)c2ccc(F)cc2)CC1)c1ccc(OC)c(OC)c1. The molecule has 1 aliphatic rings. The van der Waals surface area contributed by atoms with E-state index in [0.29, 0.717) is 17.1 Å². The topological polar surface area (TPSA) is 62.6 Å². The summed E-state index contributed by atoms with van der Waals surface area (Å²) in [6.45, 7) is 5.12. The van der Waals surface area contributed by atoms with Gasteiger partial charge in [0.05, 0.1) is 25.7 Å². The molecule has 1 heterocycles. The summed E-state index contributed by atoms with van der Waals surface area (Å²) < 4.78 is 24.3. The minimum atomic E-state index is -0.529. The van der Waals surface area contributed by atoms with Crippen LogP contribution < -0.4 is 9.47 Å². The summed E-state index contributed by atoms with van der Waals surface area (Å²) in [6, 6.07) is 14.7. The maximum Gasteiger partial charge on any atom is 0.166 e. The predicted octanol–water partition coefficient (Wildman–Crippen LogP) is 10.1. The highest BCUT2D eigenvalue weighted by molar-refractivity contribution is 5.97. The van der Waals surface area contributed by atoms with Crippen molar-refractivity contribution in [3.63, 3.8) is 0 Å². The third-order valence-corrected chi connectivity index (χ3v) is 9.77. The van der Waals surface area contributed by atoms with E-state index in [9.17, 15) is 14.4 Å². The molecule has 45 heavy (non-hydrogen) atoms. The second-order valence-electron chi connectivity index (χ2n) is 13.0. The lowest BCUT2D eigenvalue weighted by Gasteiger charge is -2.31. The molecule has 0 radical (unpaired) electrons. The molecule has 2 aromatic carbocycles. The van der Waals surface area contributed by atoms with Gasteiger partial charge in [-0.3, -0.25) is 4.79 Å². The summed E-state index contributed by atoms with van der Waals surface area (Å²) >= 11 is 0. The monoisotopic (exact) mass is 620 g/mol. The van der Waals surface area contributed by atoms with Crippen molar-refractivity contribution < 1.29 is 18.7 Å². The van der Waals surface area contributed by atoms with Gasteiger partial charge in [-0.25, -0.2) is 4.39 Å². The summed E-state index contributed by atoms with van der Waals surface area (Å²) in [5, 5.41) is 10.6. The molecule has 1 unspecified atom stereocenters. The largest absolute Gasteiger partial charge is 0.493 e. The highest BCUT2D eigenvalue weighted by atomic mass is 19.1. The quantitative estimate of drug-likeness (QED) is 0.0968. The number of nitriles is 1. The third-order valence-electron chi connectivity index (χ3n) is 9.77. The molecular weight excluding hydrogens is 563 g/mol. The van der Waals surface area contributed by atoms with Crippen LogP contribution >= 0.6 is 0 Å². The first-order chi connectivity index (χ1) is 22.0. The number of nitrogens with zero attached hydrogens (tertiary/aromatic N) is 2. The Hall–Kier alpha value is -2.91. The van der Waals surface area contributed by atoms with Gasteiger partial charge in [0.2, 0.25) is 0 Å². The number of benzene rings is 2. The van der Waals surface area contributed by atoms with Gasteiger partial charge in [-0.05, 0) is 93.7 Å². The number of ether oxygens (including phenoxy) is 2. The molecule has 1 saturated heterocycles. The molecule has 6 heteroatoms. The van der Waals surface area contributed by atoms with Crippen LogP contribution in [0.4, 0.5) is 4.39 Å². The van der Waals surface area contributed by atoms with E-state index in [1.54, 1.807) is 26.4 Å². The molecule has 1 atom stereocenters. The van der Waals surface area contributed by atoms with Gasteiger partial charge in [-0.1, -0.05) is 90.0 Å². The first-order valence-corrected chi connectivity index (χ1v) is 17.6. The van der Waals surface area contributed by atoms with Crippen molar-refractivity contribution in [1.29, 1.82) is 5.26 Å². The summed E-state index contributed by atoms with van der Waals surface area (Å²) in [5.74, 6) is 1.22. The average Bonchev–Trinajstić information content (AvgIpc) is 3.08. The van der Waals surface area contributed by atoms with Crippen molar-refractivity contribution in [2.75, 3.05) is 33.9 Å². The van der Waals surface area contributed by atoms with Crippen LogP contribution in [0.15, 0.2) is 42.5 Å². The number of hydrogen-bond acceptors (Lipinski definition) is 5. The molecular formula is C39H57FN2O3. The minimum absolute atomic E-state index is 0.0234. The smallest absolute Gasteiger partial charge is 0.166 e. The van der Waals surface area contributed by atoms with Gasteiger partial charge >= 0.3 is 0 Å². The molecule has 0 aliphatic carbocycles. The Labute approximate surface area is 272 Å². The van der Waals surface area contributed by atoms with Crippen LogP contribution in [-0.2, 0) is 5.41 Å². The lowest BCUT2D eigenvalue weighted by Crippen LogP contribution is -2.37. The van der Waals surface area contributed by atoms with Crippen LogP contribution in [0.1, 0.15) is 132 Å². The molecule has 0 aromatic heterocycles. The standard InChI is InChI=1S/C39H57FN2O3/c1-4-5-6-7-8-9-10-11-12-14-25-39(31-41,34-19-22-36(44-2)37(30-34)45-3)26-15-13-16-27-42-28-23-33(24-29-42)38(43)32-17-20-35(40)21-18-32/h17-22,30,33H,4-16,23-29H2,1-3H3. The number of Topliss-reactive ketones (excluding diaryl/α,β-unsaturated/α-hetero) is 1. The van der Waals surface area contributed by atoms with Gasteiger partial charge in [-0.15, -0.1) is 0 Å². The maximum absolute atomic E-state index is 13.2. The van der Waals surface area contributed by atoms with E-state index in [1.165, 1.54) is 69.9 Å². The van der Waals surface area contributed by atoms with E-state index in [1.807, 2.05) is 12.1 Å². The number of likely N-dealkylation sites (tertiary alicyclic amines) is 1. The number of ketones is 1. The van der Waals surface area contributed by atoms with E-state index in [-0.39, 0.29) is 17.5 Å². The number of hydrogen-bond donors (Lipinski definition) is 0. The number of carbonyl (C=O) groups excluding carboxylic acids is 1. The molecule has 0 saturated carbocycles. The van der Waals surface area contributed by atoms with Crippen LogP contribution in [0.25, 0.3) is 0 Å². The van der Waals surface area contributed by atoms with E-state index in [4.69, 9.17) is 9.47 Å². The molecule has 2 aromatic rings. The normalized spacial score (nSPS) is 15.4. The summed E-state index contributed by atoms with van der Waals surface area (Å²) in [7, 11) is 3.30. The second kappa shape index (κ2) is 20.3. The van der Waals surface area contributed by atoms with Crippen molar-refractivity contribution >= 4 is 5.78 Å². The fourth-order valence-corrected chi connectivity index (χ4v) is 6.85. The van der Waals surface area contributed by atoms with E-state index in [0.717, 1.165) is 76.6 Å². The van der Waals surface area contributed by atoms with Crippen molar-refractivity contribution in [2.45, 2.75) is 121 Å². The fraction of sp³-hybridized carbons (Fsp3) is 0.641. The Kier molecular flexibility index (Phi) is 16.5. The summed E-state index contributed by atoms with van der Waals surface area (Å²) in [4.78, 5) is 15.3. The average molecular weight is 621 g/mol. The fourth-order valence-electron chi connectivity index (χ4n) is 6.85. The molecule has 0 spiro atoms. The highest BCUT2D eigenvalue weighted by Gasteiger charge is 2.32. The van der Waals surface area contributed by atoms with Crippen LogP contribution in [0.2, 0.25) is 0 Å². The third kappa shape index (κ3) is 11.8. The summed E-state index contributed by atoms with van der Waals surface area (Å²) in [6.07, 6.45) is 19.4. The van der Waals surface area contributed by atoms with Gasteiger partial charge in [-0.2, -0.15) is 5.26 Å².